The first-order valence-electron chi connectivity index (χ1n) is 14.9. The minimum absolute atomic E-state index is 0.699. The number of hydrogen-bond donors (Lipinski definition) is 0. The molecule has 0 saturated carbocycles. The fourth-order valence-corrected chi connectivity index (χ4v) is 6.91. The molecule has 1 heterocycles. The van der Waals surface area contributed by atoms with Gasteiger partial charge in [0.25, 0.3) is 0 Å². The Balaban J connectivity index is 1.54. The summed E-state index contributed by atoms with van der Waals surface area (Å²) in [5.41, 5.74) is 10.5. The van der Waals surface area contributed by atoms with E-state index in [1.54, 1.807) is 11.3 Å². The van der Waals surface area contributed by atoms with E-state index in [9.17, 15) is 5.26 Å². The third kappa shape index (κ3) is 6.02. The van der Waals surface area contributed by atoms with Gasteiger partial charge in [-0.2, -0.15) is 9.84 Å². The fourth-order valence-electron chi connectivity index (χ4n) is 5.63. The Hall–Kier alpha value is -5.44. The second-order valence-corrected chi connectivity index (χ2v) is 12.1. The maximum absolute atomic E-state index is 10.5. The Bertz CT molecular complexity index is 1950. The summed E-state index contributed by atoms with van der Waals surface area (Å²) in [6.45, 7) is 0. The molecule has 1 aliphatic rings. The zero-order valence-electron chi connectivity index (χ0n) is 26.0. The van der Waals surface area contributed by atoms with Gasteiger partial charge in [-0.25, -0.2) is 0 Å². The molecule has 4 nitrogen and oxygen atoms in total. The molecule has 4 aromatic carbocycles. The molecule has 0 fully saturated rings. The number of para-hydroxylation sites is 2. The highest BCUT2D eigenvalue weighted by molar-refractivity contribution is 7.18. The van der Waals surface area contributed by atoms with Crippen LogP contribution >= 0.6 is 11.3 Å². The van der Waals surface area contributed by atoms with Crippen LogP contribution in [0, 0.1) is 11.3 Å². The lowest BCUT2D eigenvalue weighted by atomic mass is 9.90. The van der Waals surface area contributed by atoms with Crippen molar-refractivity contribution in [1.29, 1.82) is 5.26 Å². The van der Waals surface area contributed by atoms with Crippen molar-refractivity contribution in [1.82, 2.24) is 0 Å². The summed E-state index contributed by atoms with van der Waals surface area (Å²) in [4.78, 5) is 5.32. The Labute approximate surface area is 270 Å². The number of thiophene rings is 1. The van der Waals surface area contributed by atoms with E-state index in [0.29, 0.717) is 5.56 Å². The van der Waals surface area contributed by atoms with Crippen LogP contribution < -0.4 is 9.80 Å². The van der Waals surface area contributed by atoms with Gasteiger partial charge in [0.15, 0.2) is 0 Å². The maximum atomic E-state index is 10.5. The van der Waals surface area contributed by atoms with Gasteiger partial charge in [0.05, 0.1) is 5.56 Å². The molecular weight excluding hydrogens is 569 g/mol. The van der Waals surface area contributed by atoms with Crippen LogP contribution in [0.1, 0.15) is 16.0 Å². The van der Waals surface area contributed by atoms with Crippen molar-refractivity contribution in [3.8, 4) is 17.2 Å². The molecule has 1 aliphatic carbocycles. The van der Waals surface area contributed by atoms with Gasteiger partial charge in [-0.15, -0.1) is 11.3 Å². The van der Waals surface area contributed by atoms with Crippen LogP contribution in [0.2, 0.25) is 0 Å². The molecule has 0 amide bonds. The highest BCUT2D eigenvalue weighted by Gasteiger charge is 2.26. The van der Waals surface area contributed by atoms with Crippen LogP contribution in [0.4, 0.5) is 22.1 Å². The summed E-state index contributed by atoms with van der Waals surface area (Å²) >= 11 is 1.67. The summed E-state index contributed by atoms with van der Waals surface area (Å²) in [5, 5.41) is 11.4. The van der Waals surface area contributed by atoms with Crippen LogP contribution in [0.25, 0.3) is 16.7 Å². The largest absolute Gasteiger partial charge is 0.368 e. The third-order valence-electron chi connectivity index (χ3n) is 8.07. The average Bonchev–Trinajstić information content (AvgIpc) is 3.49. The molecule has 0 spiro atoms. The predicted molar refractivity (Wildman–Crippen MR) is 191 cm³/mol. The minimum atomic E-state index is 0.699. The normalized spacial score (nSPS) is 12.2. The molecular formula is C40H35N4S+. The standard InChI is InChI=1S/C40H35N4S/c1-42(2)40-36(28-41)38(29-14-8-5-9-15-29)39(45-40)37(30-20-24-34(25-21-30)43(3)32-16-10-6-11-17-32)31-22-26-35(27-23-31)44(4)33-18-12-7-13-19-33/h5-27H,1-4H3/q+1. The van der Waals surface area contributed by atoms with Gasteiger partial charge in [-0.05, 0) is 53.1 Å². The van der Waals surface area contributed by atoms with Crippen LogP contribution in [-0.4, -0.2) is 38.5 Å². The molecule has 0 atom stereocenters. The van der Waals surface area contributed by atoms with E-state index in [2.05, 4.69) is 139 Å². The van der Waals surface area contributed by atoms with Crippen LogP contribution in [0.15, 0.2) is 145 Å². The molecule has 0 unspecified atom stereocenters. The van der Waals surface area contributed by atoms with E-state index in [-0.39, 0.29) is 0 Å². The van der Waals surface area contributed by atoms with E-state index >= 15 is 0 Å². The number of rotatable bonds is 7. The molecule has 5 heteroatoms. The molecule has 0 saturated heterocycles. The molecule has 0 bridgehead atoms. The van der Waals surface area contributed by atoms with Gasteiger partial charge >= 0.3 is 0 Å². The van der Waals surface area contributed by atoms with Crippen LogP contribution in [-0.2, 0) is 0 Å². The third-order valence-corrected chi connectivity index (χ3v) is 9.45. The van der Waals surface area contributed by atoms with E-state index in [1.807, 2.05) is 49.3 Å². The predicted octanol–water partition coefficient (Wildman–Crippen LogP) is 9.46. The number of benzene rings is 4. The number of nitrogens with zero attached hydrogens (tertiary/aromatic N) is 4. The zero-order valence-corrected chi connectivity index (χ0v) is 26.8. The smallest absolute Gasteiger partial charge is 0.205 e. The molecule has 0 aliphatic heterocycles. The fraction of sp³-hybridized carbons (Fsp3) is 0.100. The number of allylic oxidation sites excluding steroid dienone is 5. The lowest BCUT2D eigenvalue weighted by molar-refractivity contribution is -0.403. The Morgan fingerprint density at radius 3 is 1.82 bits per heavy atom. The SMILES string of the molecule is CN(C)c1sc(C(=C2C=CC(=[N+](C)c3ccccc3)C=C2)c2ccc(N(C)c3ccccc3)cc2)c(-c2ccccc2)c1C#N. The summed E-state index contributed by atoms with van der Waals surface area (Å²) in [6, 6.07) is 42.3. The van der Waals surface area contributed by atoms with Gasteiger partial charge in [0, 0.05) is 72.8 Å². The first-order valence-corrected chi connectivity index (χ1v) is 15.7. The van der Waals surface area contributed by atoms with Crippen molar-refractivity contribution in [3.05, 3.63) is 161 Å². The number of nitriles is 1. The monoisotopic (exact) mass is 603 g/mol. The van der Waals surface area contributed by atoms with E-state index in [0.717, 1.165) is 60.5 Å². The highest BCUT2D eigenvalue weighted by atomic mass is 32.1. The Morgan fingerprint density at radius 2 is 1.24 bits per heavy atom. The summed E-state index contributed by atoms with van der Waals surface area (Å²) in [6.07, 6.45) is 8.75. The van der Waals surface area contributed by atoms with Crippen molar-refractivity contribution < 1.29 is 4.58 Å². The summed E-state index contributed by atoms with van der Waals surface area (Å²) in [5.74, 6) is 0. The van der Waals surface area contributed by atoms with Gasteiger partial charge in [-0.1, -0.05) is 78.9 Å². The number of anilines is 3. The van der Waals surface area contributed by atoms with Crippen LogP contribution in [0.5, 0.6) is 0 Å². The average molecular weight is 604 g/mol. The molecule has 6 rings (SSSR count). The summed E-state index contributed by atoms with van der Waals surface area (Å²) < 4.78 is 2.19. The van der Waals surface area contributed by atoms with Gasteiger partial charge in [0.2, 0.25) is 11.4 Å². The van der Waals surface area contributed by atoms with Crippen LogP contribution in [0.3, 0.4) is 0 Å². The van der Waals surface area contributed by atoms with E-state index < -0.39 is 0 Å². The maximum Gasteiger partial charge on any atom is 0.205 e. The molecule has 0 N–H and O–H groups in total. The topological polar surface area (TPSA) is 33.3 Å². The van der Waals surface area contributed by atoms with Gasteiger partial charge < -0.3 is 9.80 Å². The molecule has 0 radical (unpaired) electrons. The highest BCUT2D eigenvalue weighted by Crippen LogP contribution is 2.47. The molecule has 220 valence electrons. The van der Waals surface area contributed by atoms with Crippen molar-refractivity contribution in [2.45, 2.75) is 0 Å². The Morgan fingerprint density at radius 1 is 0.689 bits per heavy atom. The van der Waals surface area contributed by atoms with Crippen molar-refractivity contribution in [3.63, 3.8) is 0 Å². The van der Waals surface area contributed by atoms with Gasteiger partial charge in [-0.3, -0.25) is 0 Å². The first kappa shape index (κ1) is 29.6. The molecule has 45 heavy (non-hydrogen) atoms. The second kappa shape index (κ2) is 13.1. The first-order chi connectivity index (χ1) is 22.0. The van der Waals surface area contributed by atoms with Crippen molar-refractivity contribution in [2.75, 3.05) is 38.0 Å². The lowest BCUT2D eigenvalue weighted by Gasteiger charge is -2.20. The van der Waals surface area contributed by atoms with Crippen molar-refractivity contribution >= 4 is 44.7 Å². The lowest BCUT2D eigenvalue weighted by Crippen LogP contribution is -2.10. The zero-order chi connectivity index (χ0) is 31.3. The second-order valence-electron chi connectivity index (χ2n) is 11.1. The number of hydrogen-bond acceptors (Lipinski definition) is 4. The quantitative estimate of drug-likeness (QED) is 0.174. The summed E-state index contributed by atoms with van der Waals surface area (Å²) in [7, 11) is 8.19. The van der Waals surface area contributed by atoms with E-state index in [4.69, 9.17) is 0 Å². The molecule has 1 aromatic heterocycles. The molecule has 5 aromatic rings. The minimum Gasteiger partial charge on any atom is -0.368 e. The van der Waals surface area contributed by atoms with Gasteiger partial charge in [0.1, 0.15) is 18.1 Å². The van der Waals surface area contributed by atoms with E-state index in [1.165, 1.54) is 0 Å². The Kier molecular flexibility index (Phi) is 8.59. The van der Waals surface area contributed by atoms with Crippen molar-refractivity contribution in [2.24, 2.45) is 0 Å².